The van der Waals surface area contributed by atoms with Crippen molar-refractivity contribution in [1.82, 2.24) is 15.0 Å². The molecule has 4 rings (SSSR count). The topological polar surface area (TPSA) is 88.0 Å². The number of carboxylic acids is 1. The summed E-state index contributed by atoms with van der Waals surface area (Å²) in [5.74, 6) is -0.220. The molecule has 0 N–H and O–H groups in total. The number of ether oxygens (including phenoxy) is 1. The second-order valence-corrected chi connectivity index (χ2v) is 7.61. The Morgan fingerprint density at radius 3 is 1.88 bits per heavy atom. The molecule has 3 aromatic heterocycles. The second kappa shape index (κ2) is 13.0. The minimum absolute atomic E-state index is 0. The zero-order chi connectivity index (χ0) is 22.9. The zero-order valence-electron chi connectivity index (χ0n) is 19.2. The van der Waals surface area contributed by atoms with Gasteiger partial charge in [0.2, 0.25) is 0 Å². The van der Waals surface area contributed by atoms with Crippen LogP contribution in [0.5, 0.6) is 5.75 Å². The van der Waals surface area contributed by atoms with Gasteiger partial charge in [0.25, 0.3) is 0 Å². The number of hydrogen-bond acceptors (Lipinski definition) is 6. The summed E-state index contributed by atoms with van der Waals surface area (Å²) in [4.78, 5) is 24.2. The SMILES string of the molecule is O=C([O-])CCCCCOc1ccc(-c2cc(-c3ccccn3)nc(-c3ccccn3)c2)cc1.[Na+]. The van der Waals surface area contributed by atoms with Crippen molar-refractivity contribution < 1.29 is 44.2 Å². The molecule has 0 unspecified atom stereocenters. The number of aromatic nitrogens is 3. The Kier molecular flexibility index (Phi) is 9.76. The summed E-state index contributed by atoms with van der Waals surface area (Å²) in [5, 5.41) is 10.5. The van der Waals surface area contributed by atoms with Gasteiger partial charge in [0, 0.05) is 18.4 Å². The largest absolute Gasteiger partial charge is 1.00 e. The molecule has 0 aliphatic rings. The third kappa shape index (κ3) is 7.22. The molecule has 0 saturated carbocycles. The van der Waals surface area contributed by atoms with Crippen LogP contribution in [0.1, 0.15) is 25.7 Å². The molecule has 34 heavy (non-hydrogen) atoms. The molecule has 0 bridgehead atoms. The van der Waals surface area contributed by atoms with Gasteiger partial charge in [-0.15, -0.1) is 0 Å². The maximum Gasteiger partial charge on any atom is 1.00 e. The van der Waals surface area contributed by atoms with E-state index >= 15 is 0 Å². The Labute approximate surface area is 221 Å². The van der Waals surface area contributed by atoms with Crippen LogP contribution in [-0.2, 0) is 4.79 Å². The van der Waals surface area contributed by atoms with Crippen LogP contribution in [0.4, 0.5) is 0 Å². The van der Waals surface area contributed by atoms with Crippen molar-refractivity contribution >= 4 is 5.97 Å². The van der Waals surface area contributed by atoms with E-state index in [1.54, 1.807) is 12.4 Å². The summed E-state index contributed by atoms with van der Waals surface area (Å²) in [7, 11) is 0. The fourth-order valence-corrected chi connectivity index (χ4v) is 3.47. The van der Waals surface area contributed by atoms with Crippen LogP contribution >= 0.6 is 0 Å². The van der Waals surface area contributed by atoms with Crippen LogP contribution in [0.15, 0.2) is 85.2 Å². The molecule has 7 heteroatoms. The molecular weight excluding hydrogens is 437 g/mol. The summed E-state index contributed by atoms with van der Waals surface area (Å²) < 4.78 is 5.79. The summed E-state index contributed by atoms with van der Waals surface area (Å²) in [6, 6.07) is 23.5. The molecular formula is C27H24N3NaO3. The molecule has 0 radical (unpaired) electrons. The van der Waals surface area contributed by atoms with Crippen molar-refractivity contribution in [2.75, 3.05) is 6.61 Å². The van der Waals surface area contributed by atoms with E-state index in [1.807, 2.05) is 72.8 Å². The molecule has 1 aromatic carbocycles. The van der Waals surface area contributed by atoms with E-state index in [-0.39, 0.29) is 36.0 Å². The number of pyridine rings is 3. The average Bonchev–Trinajstić information content (AvgIpc) is 2.87. The average molecular weight is 461 g/mol. The number of rotatable bonds is 10. The first-order valence-corrected chi connectivity index (χ1v) is 11.0. The van der Waals surface area contributed by atoms with Crippen molar-refractivity contribution in [3.8, 4) is 39.7 Å². The van der Waals surface area contributed by atoms with Crippen LogP contribution in [0, 0.1) is 0 Å². The van der Waals surface area contributed by atoms with Gasteiger partial charge in [-0.3, -0.25) is 9.97 Å². The Morgan fingerprint density at radius 2 is 1.35 bits per heavy atom. The molecule has 3 heterocycles. The molecule has 0 spiro atoms. The predicted octanol–water partition coefficient (Wildman–Crippen LogP) is 1.57. The number of carboxylic acid groups (broad SMARTS) is 1. The molecule has 0 aliphatic carbocycles. The van der Waals surface area contributed by atoms with Gasteiger partial charge in [-0.25, -0.2) is 4.98 Å². The molecule has 4 aromatic rings. The summed E-state index contributed by atoms with van der Waals surface area (Å²) in [6.45, 7) is 0.551. The molecule has 6 nitrogen and oxygen atoms in total. The Balaban J connectivity index is 0.00000324. The number of carbonyl (C=O) groups is 1. The molecule has 0 saturated heterocycles. The van der Waals surface area contributed by atoms with Gasteiger partial charge in [-0.2, -0.15) is 0 Å². The molecule has 0 aliphatic heterocycles. The van der Waals surface area contributed by atoms with Crippen molar-refractivity contribution in [3.05, 3.63) is 85.2 Å². The van der Waals surface area contributed by atoms with Crippen LogP contribution in [0.3, 0.4) is 0 Å². The van der Waals surface area contributed by atoms with E-state index in [1.165, 1.54) is 0 Å². The molecule has 0 atom stereocenters. The minimum Gasteiger partial charge on any atom is -0.550 e. The van der Waals surface area contributed by atoms with Gasteiger partial charge in [0.15, 0.2) is 0 Å². The van der Waals surface area contributed by atoms with Gasteiger partial charge < -0.3 is 14.6 Å². The number of nitrogens with zero attached hydrogens (tertiary/aromatic N) is 3. The minimum atomic E-state index is -1.000. The molecule has 0 fully saturated rings. The van der Waals surface area contributed by atoms with Gasteiger partial charge in [0.05, 0.1) is 29.4 Å². The molecule has 166 valence electrons. The van der Waals surface area contributed by atoms with Gasteiger partial charge in [0.1, 0.15) is 5.75 Å². The number of carbonyl (C=O) groups excluding carboxylic acids is 1. The van der Waals surface area contributed by atoms with Gasteiger partial charge in [-0.05, 0) is 85.3 Å². The number of hydrogen-bond donors (Lipinski definition) is 0. The van der Waals surface area contributed by atoms with Crippen LogP contribution in [-0.4, -0.2) is 27.5 Å². The Bertz CT molecular complexity index is 1130. The zero-order valence-corrected chi connectivity index (χ0v) is 21.2. The van der Waals surface area contributed by atoms with Crippen molar-refractivity contribution in [2.45, 2.75) is 25.7 Å². The van der Waals surface area contributed by atoms with E-state index in [2.05, 4.69) is 9.97 Å². The van der Waals surface area contributed by atoms with E-state index in [0.29, 0.717) is 13.0 Å². The number of aliphatic carboxylic acids is 1. The van der Waals surface area contributed by atoms with E-state index in [0.717, 1.165) is 52.5 Å². The van der Waals surface area contributed by atoms with E-state index in [4.69, 9.17) is 9.72 Å². The third-order valence-corrected chi connectivity index (χ3v) is 5.16. The third-order valence-electron chi connectivity index (χ3n) is 5.16. The first kappa shape index (κ1) is 25.6. The number of benzene rings is 1. The fraction of sp³-hybridized carbons (Fsp3) is 0.185. The normalized spacial score (nSPS) is 10.4. The van der Waals surface area contributed by atoms with Gasteiger partial charge in [-0.1, -0.05) is 24.3 Å². The summed E-state index contributed by atoms with van der Waals surface area (Å²) in [6.07, 6.45) is 5.84. The first-order chi connectivity index (χ1) is 16.2. The Morgan fingerprint density at radius 1 is 0.735 bits per heavy atom. The van der Waals surface area contributed by atoms with Crippen molar-refractivity contribution in [1.29, 1.82) is 0 Å². The first-order valence-electron chi connectivity index (χ1n) is 11.0. The van der Waals surface area contributed by atoms with Crippen LogP contribution in [0.25, 0.3) is 33.9 Å². The van der Waals surface area contributed by atoms with Crippen LogP contribution < -0.4 is 39.4 Å². The second-order valence-electron chi connectivity index (χ2n) is 7.61. The van der Waals surface area contributed by atoms with Gasteiger partial charge >= 0.3 is 29.6 Å². The monoisotopic (exact) mass is 461 g/mol. The smallest absolute Gasteiger partial charge is 0.550 e. The Hall–Kier alpha value is -3.06. The maximum atomic E-state index is 10.5. The molecule has 0 amide bonds. The summed E-state index contributed by atoms with van der Waals surface area (Å²) in [5.41, 5.74) is 5.22. The maximum absolute atomic E-state index is 10.5. The van der Waals surface area contributed by atoms with Crippen molar-refractivity contribution in [2.24, 2.45) is 0 Å². The van der Waals surface area contributed by atoms with Crippen LogP contribution in [0.2, 0.25) is 0 Å². The predicted molar refractivity (Wildman–Crippen MR) is 125 cm³/mol. The standard InChI is InChI=1S/C27H25N3O3.Na/c31-27(32)10-2-1-7-17-33-22-13-11-20(12-14-22)21-18-25(23-8-3-5-15-28-23)30-26(19-21)24-9-4-6-16-29-24;/h3-6,8-9,11-16,18-19H,1-2,7,10,17H2,(H,31,32);/q;+1/p-1. The van der Waals surface area contributed by atoms with E-state index < -0.39 is 5.97 Å². The quantitative estimate of drug-likeness (QED) is 0.263. The van der Waals surface area contributed by atoms with Crippen molar-refractivity contribution in [3.63, 3.8) is 0 Å². The summed E-state index contributed by atoms with van der Waals surface area (Å²) >= 11 is 0. The van der Waals surface area contributed by atoms with E-state index in [9.17, 15) is 9.90 Å². The number of unbranched alkanes of at least 4 members (excludes halogenated alkanes) is 2. The fourth-order valence-electron chi connectivity index (χ4n) is 3.47.